The van der Waals surface area contributed by atoms with Gasteiger partial charge in [-0.15, -0.1) is 0 Å². The molecule has 1 aromatic rings. The van der Waals surface area contributed by atoms with Crippen LogP contribution in [0, 0.1) is 0 Å². The molecule has 0 radical (unpaired) electrons. The maximum absolute atomic E-state index is 10.7. The summed E-state index contributed by atoms with van der Waals surface area (Å²) in [6, 6.07) is 5.03. The van der Waals surface area contributed by atoms with Gasteiger partial charge in [0.25, 0.3) is 0 Å². The molecule has 1 aliphatic heterocycles. The van der Waals surface area contributed by atoms with Gasteiger partial charge in [0.15, 0.2) is 0 Å². The summed E-state index contributed by atoms with van der Waals surface area (Å²) >= 11 is 0. The van der Waals surface area contributed by atoms with Crippen molar-refractivity contribution >= 4 is 17.3 Å². The molecule has 0 spiro atoms. The molecule has 1 aromatic carbocycles. The van der Waals surface area contributed by atoms with E-state index in [1.165, 1.54) is 0 Å². The van der Waals surface area contributed by atoms with Crippen molar-refractivity contribution < 1.29 is 9.90 Å². The summed E-state index contributed by atoms with van der Waals surface area (Å²) < 4.78 is 0. The number of aliphatic carboxylic acids is 1. The SMILES string of the molecule is Nc1ccc2c(c1)CCC(C(=O)O)N2. The maximum atomic E-state index is 10.7. The van der Waals surface area contributed by atoms with E-state index < -0.39 is 12.0 Å². The van der Waals surface area contributed by atoms with Crippen LogP contribution in [0.5, 0.6) is 0 Å². The Morgan fingerprint density at radius 3 is 3.07 bits per heavy atom. The third kappa shape index (κ3) is 1.51. The summed E-state index contributed by atoms with van der Waals surface area (Å²) in [5, 5.41) is 11.8. The van der Waals surface area contributed by atoms with Gasteiger partial charge in [0.2, 0.25) is 0 Å². The standard InChI is InChI=1S/C10H12N2O2/c11-7-2-4-8-6(5-7)1-3-9(12-8)10(13)14/h2,4-5,9,12H,1,3,11H2,(H,13,14). The van der Waals surface area contributed by atoms with Gasteiger partial charge in [0.1, 0.15) is 6.04 Å². The van der Waals surface area contributed by atoms with Crippen molar-refractivity contribution in [1.82, 2.24) is 0 Å². The monoisotopic (exact) mass is 192 g/mol. The molecule has 0 aromatic heterocycles. The summed E-state index contributed by atoms with van der Waals surface area (Å²) in [5.41, 5.74) is 8.34. The van der Waals surface area contributed by atoms with E-state index in [2.05, 4.69) is 5.32 Å². The quantitative estimate of drug-likeness (QED) is 0.582. The molecule has 1 unspecified atom stereocenters. The van der Waals surface area contributed by atoms with E-state index in [0.29, 0.717) is 6.42 Å². The minimum absolute atomic E-state index is 0.467. The Kier molecular flexibility index (Phi) is 2.04. The lowest BCUT2D eigenvalue weighted by Gasteiger charge is -2.24. The van der Waals surface area contributed by atoms with Crippen LogP contribution in [0.3, 0.4) is 0 Å². The fourth-order valence-corrected chi connectivity index (χ4v) is 1.71. The molecule has 4 nitrogen and oxygen atoms in total. The lowest BCUT2D eigenvalue weighted by molar-refractivity contribution is -0.138. The predicted octanol–water partition coefficient (Wildman–Crippen LogP) is 1.08. The van der Waals surface area contributed by atoms with Crippen LogP contribution < -0.4 is 11.1 Å². The first-order valence-electron chi connectivity index (χ1n) is 4.54. The average molecular weight is 192 g/mol. The molecule has 2 rings (SSSR count). The number of nitrogens with two attached hydrogens (primary N) is 1. The van der Waals surface area contributed by atoms with E-state index in [4.69, 9.17) is 10.8 Å². The number of nitrogens with one attached hydrogen (secondary N) is 1. The van der Waals surface area contributed by atoms with Crippen molar-refractivity contribution in [1.29, 1.82) is 0 Å². The van der Waals surface area contributed by atoms with Gasteiger partial charge in [-0.25, -0.2) is 4.79 Å². The highest BCUT2D eigenvalue weighted by atomic mass is 16.4. The third-order valence-electron chi connectivity index (χ3n) is 2.46. The Labute approximate surface area is 81.7 Å². The van der Waals surface area contributed by atoms with Gasteiger partial charge in [-0.1, -0.05) is 0 Å². The van der Waals surface area contributed by atoms with Gasteiger partial charge in [0.05, 0.1) is 0 Å². The Morgan fingerprint density at radius 1 is 1.57 bits per heavy atom. The number of hydrogen-bond donors (Lipinski definition) is 3. The number of carboxylic acid groups (broad SMARTS) is 1. The van der Waals surface area contributed by atoms with Gasteiger partial charge in [-0.05, 0) is 36.6 Å². The molecule has 0 aliphatic carbocycles. The highest BCUT2D eigenvalue weighted by Crippen LogP contribution is 2.26. The number of fused-ring (bicyclic) bond motifs is 1. The Balaban J connectivity index is 2.27. The molecule has 0 fully saturated rings. The molecule has 0 amide bonds. The third-order valence-corrected chi connectivity index (χ3v) is 2.46. The normalized spacial score (nSPS) is 19.6. The van der Waals surface area contributed by atoms with Crippen LogP contribution in [-0.2, 0) is 11.2 Å². The van der Waals surface area contributed by atoms with Crippen LogP contribution in [0.2, 0.25) is 0 Å². The summed E-state index contributed by atoms with van der Waals surface area (Å²) in [7, 11) is 0. The van der Waals surface area contributed by atoms with Crippen LogP contribution >= 0.6 is 0 Å². The fraction of sp³-hybridized carbons (Fsp3) is 0.300. The molecule has 1 heterocycles. The summed E-state index contributed by atoms with van der Waals surface area (Å²) in [4.78, 5) is 10.7. The molecule has 0 saturated carbocycles. The van der Waals surface area contributed by atoms with E-state index in [9.17, 15) is 4.79 Å². The van der Waals surface area contributed by atoms with E-state index >= 15 is 0 Å². The zero-order valence-corrected chi connectivity index (χ0v) is 7.66. The zero-order chi connectivity index (χ0) is 10.1. The van der Waals surface area contributed by atoms with Crippen LogP contribution in [0.25, 0.3) is 0 Å². The number of nitrogen functional groups attached to an aromatic ring is 1. The lowest BCUT2D eigenvalue weighted by Crippen LogP contribution is -2.33. The second kappa shape index (κ2) is 3.21. The van der Waals surface area contributed by atoms with Crippen molar-refractivity contribution in [3.8, 4) is 0 Å². The van der Waals surface area contributed by atoms with Gasteiger partial charge in [-0.2, -0.15) is 0 Å². The number of benzene rings is 1. The number of hydrogen-bond acceptors (Lipinski definition) is 3. The average Bonchev–Trinajstić information content (AvgIpc) is 2.16. The zero-order valence-electron chi connectivity index (χ0n) is 7.66. The summed E-state index contributed by atoms with van der Waals surface area (Å²) in [6.45, 7) is 0. The first-order valence-corrected chi connectivity index (χ1v) is 4.54. The van der Waals surface area contributed by atoms with Crippen LogP contribution in [-0.4, -0.2) is 17.1 Å². The smallest absolute Gasteiger partial charge is 0.326 e. The molecule has 4 heteroatoms. The van der Waals surface area contributed by atoms with Crippen molar-refractivity contribution in [3.63, 3.8) is 0 Å². The highest BCUT2D eigenvalue weighted by molar-refractivity contribution is 5.79. The summed E-state index contributed by atoms with van der Waals surface area (Å²) in [6.07, 6.45) is 1.39. The lowest BCUT2D eigenvalue weighted by atomic mass is 9.98. The van der Waals surface area contributed by atoms with Crippen molar-refractivity contribution in [2.24, 2.45) is 0 Å². The number of aryl methyl sites for hydroxylation is 1. The molecule has 0 bridgehead atoms. The van der Waals surface area contributed by atoms with Crippen molar-refractivity contribution in [2.45, 2.75) is 18.9 Å². The number of carboxylic acids is 1. The highest BCUT2D eigenvalue weighted by Gasteiger charge is 2.22. The molecular formula is C10H12N2O2. The van der Waals surface area contributed by atoms with Crippen LogP contribution in [0.4, 0.5) is 11.4 Å². The van der Waals surface area contributed by atoms with Gasteiger partial charge < -0.3 is 16.2 Å². The second-order valence-corrected chi connectivity index (χ2v) is 3.49. The van der Waals surface area contributed by atoms with Gasteiger partial charge in [0, 0.05) is 11.4 Å². The summed E-state index contributed by atoms with van der Waals surface area (Å²) in [5.74, 6) is -0.799. The maximum Gasteiger partial charge on any atom is 0.326 e. The fourth-order valence-electron chi connectivity index (χ4n) is 1.71. The molecule has 1 atom stereocenters. The largest absolute Gasteiger partial charge is 0.480 e. The topological polar surface area (TPSA) is 75.4 Å². The minimum Gasteiger partial charge on any atom is -0.480 e. The molecule has 1 aliphatic rings. The number of rotatable bonds is 1. The Hall–Kier alpha value is -1.71. The first kappa shape index (κ1) is 8.87. The Bertz CT molecular complexity index is 376. The van der Waals surface area contributed by atoms with Gasteiger partial charge in [-0.3, -0.25) is 0 Å². The molecule has 74 valence electrons. The van der Waals surface area contributed by atoms with Gasteiger partial charge >= 0.3 is 5.97 Å². The molecular weight excluding hydrogens is 180 g/mol. The number of carbonyl (C=O) groups is 1. The second-order valence-electron chi connectivity index (χ2n) is 3.49. The minimum atomic E-state index is -0.799. The molecule has 14 heavy (non-hydrogen) atoms. The van der Waals surface area contributed by atoms with E-state index in [1.807, 2.05) is 12.1 Å². The Morgan fingerprint density at radius 2 is 2.36 bits per heavy atom. The van der Waals surface area contributed by atoms with Crippen LogP contribution in [0.15, 0.2) is 18.2 Å². The molecule has 4 N–H and O–H groups in total. The van der Waals surface area contributed by atoms with E-state index in [-0.39, 0.29) is 0 Å². The van der Waals surface area contributed by atoms with E-state index in [0.717, 1.165) is 23.4 Å². The van der Waals surface area contributed by atoms with Crippen molar-refractivity contribution in [2.75, 3.05) is 11.1 Å². The molecule has 0 saturated heterocycles. The van der Waals surface area contributed by atoms with Crippen LogP contribution in [0.1, 0.15) is 12.0 Å². The number of anilines is 2. The first-order chi connectivity index (χ1) is 6.66. The van der Waals surface area contributed by atoms with E-state index in [1.54, 1.807) is 6.07 Å². The predicted molar refractivity (Wildman–Crippen MR) is 54.2 cm³/mol. The van der Waals surface area contributed by atoms with Crippen molar-refractivity contribution in [3.05, 3.63) is 23.8 Å².